The Balaban J connectivity index is 2.59. The molecule has 5 nitrogen and oxygen atoms in total. The van der Waals surface area contributed by atoms with Crippen molar-refractivity contribution < 1.29 is 24.5 Å². The van der Waals surface area contributed by atoms with Crippen LogP contribution in [0.2, 0.25) is 5.02 Å². The summed E-state index contributed by atoms with van der Waals surface area (Å²) in [6.45, 7) is 9.02. The van der Waals surface area contributed by atoms with Gasteiger partial charge in [0, 0.05) is 5.56 Å². The zero-order valence-corrected chi connectivity index (χ0v) is 17.4. The molecule has 2 N–H and O–H groups in total. The highest BCUT2D eigenvalue weighted by molar-refractivity contribution is 6.33. The molecule has 27 heavy (non-hydrogen) atoms. The average Bonchev–Trinajstić information content (AvgIpc) is 2.59. The molecule has 0 aliphatic heterocycles. The highest BCUT2D eigenvalue weighted by Gasteiger charge is 2.22. The van der Waals surface area contributed by atoms with Crippen LogP contribution in [0.1, 0.15) is 68.4 Å². The fraction of sp³-hybridized carbons (Fsp3) is 0.524. The summed E-state index contributed by atoms with van der Waals surface area (Å²) >= 11 is 6.06. The zero-order chi connectivity index (χ0) is 20.8. The molecule has 0 radical (unpaired) electrons. The molecule has 0 aromatic heterocycles. The normalized spacial score (nSPS) is 13.0. The number of ether oxygens (including phenoxy) is 1. The lowest BCUT2D eigenvalue weighted by molar-refractivity contribution is -0.146. The second-order valence-electron chi connectivity index (χ2n) is 7.89. The van der Waals surface area contributed by atoms with E-state index in [4.69, 9.17) is 16.3 Å². The third-order valence-electron chi connectivity index (χ3n) is 4.48. The van der Waals surface area contributed by atoms with Gasteiger partial charge < -0.3 is 14.9 Å². The Morgan fingerprint density at radius 2 is 1.85 bits per heavy atom. The smallest absolute Gasteiger partial charge is 0.316 e. The van der Waals surface area contributed by atoms with E-state index in [0.717, 1.165) is 12.8 Å². The molecule has 0 amide bonds. The first-order chi connectivity index (χ1) is 12.5. The molecule has 150 valence electrons. The zero-order valence-electron chi connectivity index (χ0n) is 16.6. The molecule has 1 aromatic carbocycles. The third kappa shape index (κ3) is 6.28. The van der Waals surface area contributed by atoms with Gasteiger partial charge in [0.15, 0.2) is 6.29 Å². The van der Waals surface area contributed by atoms with Gasteiger partial charge in [-0.1, -0.05) is 18.5 Å². The van der Waals surface area contributed by atoms with Crippen LogP contribution in [0.25, 0.3) is 0 Å². The minimum absolute atomic E-state index is 0.0983. The molecule has 6 heteroatoms. The number of halogens is 1. The number of allylic oxidation sites excluding steroid dienone is 1. The molecule has 1 rings (SSSR count). The van der Waals surface area contributed by atoms with Crippen molar-refractivity contribution in [2.45, 2.75) is 60.3 Å². The largest absolute Gasteiger partial charge is 0.507 e. The van der Waals surface area contributed by atoms with Gasteiger partial charge in [0.05, 0.1) is 22.3 Å². The number of aldehydes is 1. The number of benzene rings is 1. The highest BCUT2D eigenvalue weighted by atomic mass is 35.5. The Labute approximate surface area is 166 Å². The van der Waals surface area contributed by atoms with Crippen LogP contribution in [0.15, 0.2) is 12.3 Å². The van der Waals surface area contributed by atoms with Crippen LogP contribution in [0.3, 0.4) is 0 Å². The van der Waals surface area contributed by atoms with Gasteiger partial charge in [-0.05, 0) is 70.9 Å². The topological polar surface area (TPSA) is 83.8 Å². The van der Waals surface area contributed by atoms with Crippen molar-refractivity contribution in [1.82, 2.24) is 0 Å². The summed E-state index contributed by atoms with van der Waals surface area (Å²) in [7, 11) is 0. The number of aromatic hydroxyl groups is 2. The molecule has 0 saturated carbocycles. The SMILES string of the molecule is Cc1c(Cl)c(O)c(CCC(C)CC/C=C/OC(=O)C(C)(C)C)c(O)c1C=O. The predicted molar refractivity (Wildman–Crippen MR) is 106 cm³/mol. The van der Waals surface area contributed by atoms with Crippen LogP contribution in [0.5, 0.6) is 11.5 Å². The van der Waals surface area contributed by atoms with Gasteiger partial charge in [-0.25, -0.2) is 0 Å². The summed E-state index contributed by atoms with van der Waals surface area (Å²) < 4.78 is 5.07. The molecule has 1 atom stereocenters. The van der Waals surface area contributed by atoms with Gasteiger partial charge in [-0.3, -0.25) is 9.59 Å². The van der Waals surface area contributed by atoms with Crippen LogP contribution < -0.4 is 0 Å². The molecule has 1 aromatic rings. The predicted octanol–water partition coefficient (Wildman–Crippen LogP) is 5.32. The van der Waals surface area contributed by atoms with Crippen LogP contribution in [0, 0.1) is 18.3 Å². The van der Waals surface area contributed by atoms with Gasteiger partial charge in [-0.2, -0.15) is 0 Å². The number of hydrogen-bond donors (Lipinski definition) is 2. The molecule has 0 aliphatic carbocycles. The summed E-state index contributed by atoms with van der Waals surface area (Å²) in [5, 5.41) is 20.5. The number of rotatable bonds is 8. The first-order valence-electron chi connectivity index (χ1n) is 9.04. The highest BCUT2D eigenvalue weighted by Crippen LogP contribution is 2.41. The van der Waals surface area contributed by atoms with Crippen molar-refractivity contribution in [2.75, 3.05) is 0 Å². The molecular weight excluding hydrogens is 368 g/mol. The summed E-state index contributed by atoms with van der Waals surface area (Å²) in [4.78, 5) is 22.8. The number of carbonyl (C=O) groups excluding carboxylic acids is 2. The Morgan fingerprint density at radius 3 is 2.41 bits per heavy atom. The summed E-state index contributed by atoms with van der Waals surface area (Å²) in [5.74, 6) is -0.351. The number of carbonyl (C=O) groups is 2. The van der Waals surface area contributed by atoms with E-state index in [1.807, 2.05) is 6.08 Å². The van der Waals surface area contributed by atoms with E-state index in [2.05, 4.69) is 6.92 Å². The van der Waals surface area contributed by atoms with E-state index in [1.165, 1.54) is 6.26 Å². The first kappa shape index (κ1) is 23.0. The summed E-state index contributed by atoms with van der Waals surface area (Å²) in [6.07, 6.45) is 6.48. The van der Waals surface area contributed by atoms with E-state index >= 15 is 0 Å². The number of phenolic OH excluding ortho intramolecular Hbond substituents is 2. The maximum absolute atomic E-state index is 11.6. The number of phenols is 2. The summed E-state index contributed by atoms with van der Waals surface area (Å²) in [6, 6.07) is 0. The van der Waals surface area contributed by atoms with Crippen molar-refractivity contribution in [2.24, 2.45) is 11.3 Å². The van der Waals surface area contributed by atoms with Gasteiger partial charge in [0.1, 0.15) is 11.5 Å². The molecule has 0 spiro atoms. The first-order valence-corrected chi connectivity index (χ1v) is 9.42. The van der Waals surface area contributed by atoms with E-state index < -0.39 is 5.41 Å². The van der Waals surface area contributed by atoms with Crippen molar-refractivity contribution in [1.29, 1.82) is 0 Å². The van der Waals surface area contributed by atoms with Gasteiger partial charge in [0.2, 0.25) is 0 Å². The van der Waals surface area contributed by atoms with Gasteiger partial charge in [-0.15, -0.1) is 0 Å². The van der Waals surface area contributed by atoms with Crippen LogP contribution in [-0.4, -0.2) is 22.5 Å². The van der Waals surface area contributed by atoms with E-state index in [9.17, 15) is 19.8 Å². The lowest BCUT2D eigenvalue weighted by Crippen LogP contribution is -2.20. The standard InChI is InChI=1S/C21H29ClO5/c1-13(8-6-7-11-27-20(26)21(3,4)5)9-10-15-18(24)16(12-23)14(2)17(22)19(15)25/h7,11-13,24-25H,6,8-10H2,1-5H3/b11-7+. The molecule has 1 unspecified atom stereocenters. The monoisotopic (exact) mass is 396 g/mol. The lowest BCUT2D eigenvalue weighted by Gasteiger charge is -2.16. The summed E-state index contributed by atoms with van der Waals surface area (Å²) in [5.41, 5.74) is 0.254. The Hall–Kier alpha value is -2.01. The fourth-order valence-electron chi connectivity index (χ4n) is 2.53. The molecular formula is C21H29ClO5. The van der Waals surface area contributed by atoms with Crippen LogP contribution in [-0.2, 0) is 16.0 Å². The fourth-order valence-corrected chi connectivity index (χ4v) is 2.75. The van der Waals surface area contributed by atoms with Crippen LogP contribution in [0.4, 0.5) is 0 Å². The second kappa shape index (κ2) is 9.79. The molecule has 0 aliphatic rings. The minimum Gasteiger partial charge on any atom is -0.507 e. The van der Waals surface area contributed by atoms with Gasteiger partial charge in [0.25, 0.3) is 0 Å². The van der Waals surface area contributed by atoms with Crippen molar-refractivity contribution in [3.63, 3.8) is 0 Å². The average molecular weight is 397 g/mol. The van der Waals surface area contributed by atoms with E-state index in [1.54, 1.807) is 27.7 Å². The molecule has 0 saturated heterocycles. The number of hydrogen-bond acceptors (Lipinski definition) is 5. The van der Waals surface area contributed by atoms with Gasteiger partial charge >= 0.3 is 5.97 Å². The lowest BCUT2D eigenvalue weighted by atomic mass is 9.93. The molecule has 0 heterocycles. The third-order valence-corrected chi connectivity index (χ3v) is 4.95. The Kier molecular flexibility index (Phi) is 8.35. The van der Waals surface area contributed by atoms with Crippen LogP contribution >= 0.6 is 11.6 Å². The quantitative estimate of drug-likeness (QED) is 0.352. The van der Waals surface area contributed by atoms with E-state index in [0.29, 0.717) is 36.2 Å². The van der Waals surface area contributed by atoms with Crippen molar-refractivity contribution in [3.05, 3.63) is 34.1 Å². The maximum atomic E-state index is 11.6. The molecule has 0 fully saturated rings. The Morgan fingerprint density at radius 1 is 1.22 bits per heavy atom. The maximum Gasteiger partial charge on any atom is 0.316 e. The second-order valence-corrected chi connectivity index (χ2v) is 8.27. The van der Waals surface area contributed by atoms with Crippen molar-refractivity contribution in [3.8, 4) is 11.5 Å². The minimum atomic E-state index is -0.530. The Bertz CT molecular complexity index is 717. The molecule has 0 bridgehead atoms. The van der Waals surface area contributed by atoms with E-state index in [-0.39, 0.29) is 28.1 Å². The number of esters is 1. The van der Waals surface area contributed by atoms with Crippen molar-refractivity contribution >= 4 is 23.9 Å².